The molecule has 1 aromatic rings. The van der Waals surface area contributed by atoms with Gasteiger partial charge in [-0.15, -0.1) is 11.3 Å². The monoisotopic (exact) mass is 269 g/mol. The van der Waals surface area contributed by atoms with Gasteiger partial charge in [0.25, 0.3) is 0 Å². The van der Waals surface area contributed by atoms with Crippen molar-refractivity contribution in [2.45, 2.75) is 45.6 Å². The van der Waals surface area contributed by atoms with E-state index in [9.17, 15) is 0 Å². The quantitative estimate of drug-likeness (QED) is 0.626. The highest BCUT2D eigenvalue weighted by molar-refractivity contribution is 7.07. The molecule has 1 rings (SSSR count). The third-order valence-electron chi connectivity index (χ3n) is 2.99. The van der Waals surface area contributed by atoms with Crippen LogP contribution in [0.4, 0.5) is 0 Å². The van der Waals surface area contributed by atoms with E-state index < -0.39 is 0 Å². The Bertz CT molecular complexity index is 275. The molecule has 1 N–H and O–H groups in total. The fourth-order valence-corrected chi connectivity index (χ4v) is 2.51. The lowest BCUT2D eigenvalue weighted by molar-refractivity contribution is 0.313. The minimum absolute atomic E-state index is 0.988. The minimum Gasteiger partial charge on any atom is -0.317 e. The Morgan fingerprint density at radius 3 is 2.78 bits per heavy atom. The van der Waals surface area contributed by atoms with Gasteiger partial charge in [0.15, 0.2) is 0 Å². The van der Waals surface area contributed by atoms with Gasteiger partial charge in [-0.05, 0) is 45.9 Å². The highest BCUT2D eigenvalue weighted by atomic mass is 32.1. The van der Waals surface area contributed by atoms with Crippen molar-refractivity contribution in [3.63, 3.8) is 0 Å². The van der Waals surface area contributed by atoms with Crippen molar-refractivity contribution >= 4 is 11.3 Å². The Labute approximate surface area is 116 Å². The summed E-state index contributed by atoms with van der Waals surface area (Å²) >= 11 is 1.68. The van der Waals surface area contributed by atoms with Crippen LogP contribution in [0, 0.1) is 0 Å². The molecule has 0 fully saturated rings. The van der Waals surface area contributed by atoms with Crippen molar-refractivity contribution < 1.29 is 0 Å². The zero-order chi connectivity index (χ0) is 13.1. The van der Waals surface area contributed by atoms with Crippen LogP contribution in [0.1, 0.15) is 44.7 Å². The Morgan fingerprint density at radius 2 is 2.06 bits per heavy atom. The smallest absolute Gasteiger partial charge is 0.0795 e. The molecule has 0 saturated heterocycles. The summed E-state index contributed by atoms with van der Waals surface area (Å²) in [4.78, 5) is 6.68. The van der Waals surface area contributed by atoms with Crippen molar-refractivity contribution in [2.24, 2.45) is 0 Å². The molecule has 0 spiro atoms. The SMILES string of the molecule is CCCNCCCCCCN(C)Cc1cscn1. The molecule has 0 aliphatic rings. The first-order chi connectivity index (χ1) is 8.83. The van der Waals surface area contributed by atoms with E-state index in [-0.39, 0.29) is 0 Å². The minimum atomic E-state index is 0.988. The summed E-state index contributed by atoms with van der Waals surface area (Å²) in [5.41, 5.74) is 3.11. The van der Waals surface area contributed by atoms with Crippen molar-refractivity contribution in [3.8, 4) is 0 Å². The third kappa shape index (κ3) is 7.80. The van der Waals surface area contributed by atoms with Crippen molar-refractivity contribution in [1.82, 2.24) is 15.2 Å². The normalized spacial score (nSPS) is 11.3. The highest BCUT2D eigenvalue weighted by Gasteiger charge is 2.01. The van der Waals surface area contributed by atoms with E-state index in [0.717, 1.165) is 13.1 Å². The van der Waals surface area contributed by atoms with E-state index in [4.69, 9.17) is 0 Å². The fourth-order valence-electron chi connectivity index (χ4n) is 1.96. The molecule has 0 saturated carbocycles. The molecule has 0 bridgehead atoms. The standard InChI is InChI=1S/C14H27N3S/c1-3-8-15-9-6-4-5-7-10-17(2)11-14-12-18-13-16-14/h12-13,15H,3-11H2,1-2H3. The largest absolute Gasteiger partial charge is 0.317 e. The van der Waals surface area contributed by atoms with Gasteiger partial charge in [0.05, 0.1) is 11.2 Å². The summed E-state index contributed by atoms with van der Waals surface area (Å²) in [5, 5.41) is 5.58. The Morgan fingerprint density at radius 1 is 1.22 bits per heavy atom. The molecule has 104 valence electrons. The first-order valence-corrected chi connectivity index (χ1v) is 8.03. The molecule has 0 unspecified atom stereocenters. The molecule has 3 nitrogen and oxygen atoms in total. The van der Waals surface area contributed by atoms with Crippen LogP contribution in [-0.2, 0) is 6.54 Å². The van der Waals surface area contributed by atoms with Crippen LogP contribution in [0.25, 0.3) is 0 Å². The number of thiazole rings is 1. The first kappa shape index (κ1) is 15.6. The molecule has 0 amide bonds. The van der Waals surface area contributed by atoms with Crippen LogP contribution in [-0.4, -0.2) is 36.6 Å². The molecular weight excluding hydrogens is 242 g/mol. The number of unbranched alkanes of at least 4 members (excludes halogenated alkanes) is 3. The van der Waals surface area contributed by atoms with Crippen LogP contribution >= 0.6 is 11.3 Å². The van der Waals surface area contributed by atoms with Gasteiger partial charge in [0.2, 0.25) is 0 Å². The molecule has 0 atom stereocenters. The Hall–Kier alpha value is -0.450. The van der Waals surface area contributed by atoms with Gasteiger partial charge in [-0.3, -0.25) is 0 Å². The van der Waals surface area contributed by atoms with Crippen LogP contribution in [0.2, 0.25) is 0 Å². The molecule has 1 heterocycles. The molecular formula is C14H27N3S. The fraction of sp³-hybridized carbons (Fsp3) is 0.786. The molecule has 0 aromatic carbocycles. The molecule has 4 heteroatoms. The van der Waals surface area contributed by atoms with E-state index >= 15 is 0 Å². The third-order valence-corrected chi connectivity index (χ3v) is 3.62. The number of rotatable bonds is 11. The van der Waals surface area contributed by atoms with Gasteiger partial charge >= 0.3 is 0 Å². The zero-order valence-electron chi connectivity index (χ0n) is 11.8. The second-order valence-corrected chi connectivity index (χ2v) is 5.60. The predicted octanol–water partition coefficient (Wildman–Crippen LogP) is 3.13. The van der Waals surface area contributed by atoms with Gasteiger partial charge in [-0.2, -0.15) is 0 Å². The highest BCUT2D eigenvalue weighted by Crippen LogP contribution is 2.06. The number of aromatic nitrogens is 1. The average molecular weight is 269 g/mol. The summed E-state index contributed by atoms with van der Waals surface area (Å²) in [6.07, 6.45) is 6.54. The van der Waals surface area contributed by atoms with E-state index in [2.05, 4.69) is 34.6 Å². The van der Waals surface area contributed by atoms with Crippen LogP contribution in [0.3, 0.4) is 0 Å². The topological polar surface area (TPSA) is 28.2 Å². The van der Waals surface area contributed by atoms with E-state index in [1.807, 2.05) is 5.51 Å². The number of hydrogen-bond donors (Lipinski definition) is 1. The lowest BCUT2D eigenvalue weighted by Gasteiger charge is -2.14. The maximum atomic E-state index is 4.31. The number of nitrogens with one attached hydrogen (secondary N) is 1. The first-order valence-electron chi connectivity index (χ1n) is 7.09. The Balaban J connectivity index is 1.88. The molecule has 18 heavy (non-hydrogen) atoms. The van der Waals surface area contributed by atoms with Crippen molar-refractivity contribution in [2.75, 3.05) is 26.7 Å². The van der Waals surface area contributed by atoms with Gasteiger partial charge in [0.1, 0.15) is 0 Å². The second-order valence-electron chi connectivity index (χ2n) is 4.88. The maximum absolute atomic E-state index is 4.31. The van der Waals surface area contributed by atoms with Gasteiger partial charge in [-0.1, -0.05) is 19.8 Å². The molecule has 1 aromatic heterocycles. The van der Waals surface area contributed by atoms with E-state index in [0.29, 0.717) is 0 Å². The summed E-state index contributed by atoms with van der Waals surface area (Å²) in [7, 11) is 2.18. The van der Waals surface area contributed by atoms with E-state index in [1.165, 1.54) is 50.9 Å². The van der Waals surface area contributed by atoms with E-state index in [1.54, 1.807) is 11.3 Å². The number of hydrogen-bond acceptors (Lipinski definition) is 4. The lowest BCUT2D eigenvalue weighted by atomic mass is 10.2. The summed E-state index contributed by atoms with van der Waals surface area (Å²) in [6, 6.07) is 0. The van der Waals surface area contributed by atoms with Crippen molar-refractivity contribution in [1.29, 1.82) is 0 Å². The van der Waals surface area contributed by atoms with Crippen molar-refractivity contribution in [3.05, 3.63) is 16.6 Å². The van der Waals surface area contributed by atoms with Gasteiger partial charge < -0.3 is 10.2 Å². The molecule has 0 aliphatic heterocycles. The van der Waals surface area contributed by atoms with Gasteiger partial charge in [0, 0.05) is 11.9 Å². The van der Waals surface area contributed by atoms with Crippen LogP contribution in [0.15, 0.2) is 10.9 Å². The van der Waals surface area contributed by atoms with Gasteiger partial charge in [-0.25, -0.2) is 4.98 Å². The summed E-state index contributed by atoms with van der Waals surface area (Å²) in [6.45, 7) is 6.73. The van der Waals surface area contributed by atoms with Crippen LogP contribution < -0.4 is 5.32 Å². The summed E-state index contributed by atoms with van der Waals surface area (Å²) < 4.78 is 0. The molecule has 0 aliphatic carbocycles. The Kier molecular flexibility index (Phi) is 9.08. The summed E-state index contributed by atoms with van der Waals surface area (Å²) in [5.74, 6) is 0. The second kappa shape index (κ2) is 10.5. The maximum Gasteiger partial charge on any atom is 0.0795 e. The number of nitrogens with zero attached hydrogens (tertiary/aromatic N) is 2. The predicted molar refractivity (Wildman–Crippen MR) is 80.1 cm³/mol. The average Bonchev–Trinajstić information content (AvgIpc) is 2.85. The zero-order valence-corrected chi connectivity index (χ0v) is 12.6. The van der Waals surface area contributed by atoms with Crippen LogP contribution in [0.5, 0.6) is 0 Å². The molecule has 0 radical (unpaired) electrons. The lowest BCUT2D eigenvalue weighted by Crippen LogP contribution is -2.19.